The highest BCUT2D eigenvalue weighted by atomic mass is 16.6. The van der Waals surface area contributed by atoms with Crippen molar-refractivity contribution in [2.45, 2.75) is 42.7 Å². The summed E-state index contributed by atoms with van der Waals surface area (Å²) in [4.78, 5) is 12.5. The molecule has 0 bridgehead atoms. The van der Waals surface area contributed by atoms with Crippen LogP contribution in [0.1, 0.15) is 0 Å². The summed E-state index contributed by atoms with van der Waals surface area (Å²) in [7, 11) is 0. The molecule has 0 radical (unpaired) electrons. The number of nitrogens with zero attached hydrogens (tertiary/aromatic N) is 1. The summed E-state index contributed by atoms with van der Waals surface area (Å²) in [6.07, 6.45) is -8.04. The summed E-state index contributed by atoms with van der Waals surface area (Å²) in [6.45, 7) is -0.523. The number of likely N-dealkylation sites (tertiary alicyclic amines) is 1. The molecule has 0 aromatic rings. The van der Waals surface area contributed by atoms with E-state index in [4.69, 9.17) is 5.11 Å². The van der Waals surface area contributed by atoms with E-state index in [1.807, 2.05) is 0 Å². The van der Waals surface area contributed by atoms with E-state index in [-0.39, 0.29) is 13.1 Å². The summed E-state index contributed by atoms with van der Waals surface area (Å²) in [5, 5.41) is 57.1. The molecule has 0 aromatic carbocycles. The van der Waals surface area contributed by atoms with Crippen molar-refractivity contribution in [2.75, 3.05) is 19.7 Å². The maximum absolute atomic E-state index is 11.1. The van der Waals surface area contributed by atoms with Crippen molar-refractivity contribution in [3.05, 3.63) is 0 Å². The Hall–Kier alpha value is -0.810. The van der Waals surface area contributed by atoms with Gasteiger partial charge in [-0.05, 0) is 0 Å². The zero-order valence-corrected chi connectivity index (χ0v) is 10.6. The fourth-order valence-electron chi connectivity index (χ4n) is 2.63. The molecule has 6 N–H and O–H groups in total. The van der Waals surface area contributed by atoms with Crippen LogP contribution in [-0.4, -0.2) is 104 Å². The maximum atomic E-state index is 11.1. The summed E-state index contributed by atoms with van der Waals surface area (Å²) >= 11 is 0. The molecule has 2 aliphatic rings. The first-order valence-electron chi connectivity index (χ1n) is 6.32. The van der Waals surface area contributed by atoms with E-state index >= 15 is 0 Å². The highest BCUT2D eigenvalue weighted by Gasteiger charge is 2.48. The Morgan fingerprint density at radius 2 is 1.90 bits per heavy atom. The Bertz CT molecular complexity index is 366. The average molecular weight is 293 g/mol. The van der Waals surface area contributed by atoms with Crippen molar-refractivity contribution in [1.82, 2.24) is 4.90 Å². The number of hydrogen-bond acceptors (Lipinski definition) is 9. The normalized spacial score (nSPS) is 43.8. The van der Waals surface area contributed by atoms with Crippen molar-refractivity contribution >= 4 is 5.97 Å². The lowest BCUT2D eigenvalue weighted by Crippen LogP contribution is -2.48. The standard InChI is InChI=1S/C11H19NO8/c13-3-4-7(16)5(14)1-12(4)2-6(15)10-8(17)9(18)11(19)20-10/h4-10,13-18H,1-3H2/t4-,5-,6-,7-,8+,9-,10+/m0/s1. The zero-order valence-electron chi connectivity index (χ0n) is 10.6. The predicted octanol–water partition coefficient (Wildman–Crippen LogP) is -4.61. The van der Waals surface area contributed by atoms with E-state index in [1.54, 1.807) is 0 Å². The van der Waals surface area contributed by atoms with Crippen LogP contribution >= 0.6 is 0 Å². The molecule has 0 amide bonds. The average Bonchev–Trinajstić information content (AvgIpc) is 2.81. The minimum absolute atomic E-state index is 0.0305. The molecule has 0 aliphatic carbocycles. The van der Waals surface area contributed by atoms with Gasteiger partial charge in [0.25, 0.3) is 0 Å². The van der Waals surface area contributed by atoms with Crippen LogP contribution in [0.15, 0.2) is 0 Å². The van der Waals surface area contributed by atoms with E-state index in [2.05, 4.69) is 4.74 Å². The van der Waals surface area contributed by atoms with Crippen LogP contribution < -0.4 is 0 Å². The second kappa shape index (κ2) is 5.90. The van der Waals surface area contributed by atoms with Crippen LogP contribution in [0.3, 0.4) is 0 Å². The molecule has 0 aromatic heterocycles. The van der Waals surface area contributed by atoms with Gasteiger partial charge >= 0.3 is 5.97 Å². The van der Waals surface area contributed by atoms with Crippen molar-refractivity contribution in [3.63, 3.8) is 0 Å². The number of ether oxygens (including phenoxy) is 1. The van der Waals surface area contributed by atoms with E-state index in [0.717, 1.165) is 0 Å². The Morgan fingerprint density at radius 1 is 1.25 bits per heavy atom. The van der Waals surface area contributed by atoms with Crippen molar-refractivity contribution in [1.29, 1.82) is 0 Å². The molecule has 2 aliphatic heterocycles. The lowest BCUT2D eigenvalue weighted by Gasteiger charge is -2.28. The third-order valence-electron chi connectivity index (χ3n) is 3.82. The first-order valence-corrected chi connectivity index (χ1v) is 6.32. The Morgan fingerprint density at radius 3 is 2.40 bits per heavy atom. The van der Waals surface area contributed by atoms with Gasteiger partial charge in [-0.3, -0.25) is 4.90 Å². The van der Waals surface area contributed by atoms with E-state index in [0.29, 0.717) is 0 Å². The largest absolute Gasteiger partial charge is 0.455 e. The highest BCUT2D eigenvalue weighted by Crippen LogP contribution is 2.23. The molecule has 20 heavy (non-hydrogen) atoms. The molecular formula is C11H19NO8. The highest BCUT2D eigenvalue weighted by molar-refractivity contribution is 5.77. The second-order valence-corrected chi connectivity index (χ2v) is 5.17. The third kappa shape index (κ3) is 2.66. The van der Waals surface area contributed by atoms with Crippen LogP contribution in [0.25, 0.3) is 0 Å². The SMILES string of the molecule is O=C1O[C@H]([C@@H](O)CN2C[C@H](O)[C@@H](O)[C@@H]2CO)[C@H](O)[C@@H]1O. The molecule has 116 valence electrons. The van der Waals surface area contributed by atoms with Crippen LogP contribution in [0.5, 0.6) is 0 Å². The van der Waals surface area contributed by atoms with Crippen LogP contribution in [0.4, 0.5) is 0 Å². The van der Waals surface area contributed by atoms with Crippen LogP contribution in [-0.2, 0) is 9.53 Å². The number of hydrogen-bond donors (Lipinski definition) is 6. The number of aliphatic hydroxyl groups is 6. The molecule has 2 saturated heterocycles. The number of aliphatic hydroxyl groups excluding tert-OH is 6. The van der Waals surface area contributed by atoms with Gasteiger partial charge in [-0.15, -0.1) is 0 Å². The van der Waals surface area contributed by atoms with Crippen LogP contribution in [0, 0.1) is 0 Å². The number of cyclic esters (lactones) is 1. The lowest BCUT2D eigenvalue weighted by atomic mass is 10.1. The number of β-amino-alcohol motifs (C(OH)–C–C–N with tert-alkyl or cyclic N) is 2. The Balaban J connectivity index is 1.98. The molecule has 9 heteroatoms. The molecular weight excluding hydrogens is 274 g/mol. The van der Waals surface area contributed by atoms with Gasteiger partial charge in [-0.1, -0.05) is 0 Å². The second-order valence-electron chi connectivity index (χ2n) is 5.17. The third-order valence-corrected chi connectivity index (χ3v) is 3.82. The quantitative estimate of drug-likeness (QED) is 0.281. The van der Waals surface area contributed by atoms with Gasteiger partial charge in [0.05, 0.1) is 24.9 Å². The molecule has 7 atom stereocenters. The number of carbonyl (C=O) groups excluding carboxylic acids is 1. The Labute approximate surface area is 114 Å². The predicted molar refractivity (Wildman–Crippen MR) is 62.4 cm³/mol. The molecule has 0 saturated carbocycles. The topological polar surface area (TPSA) is 151 Å². The molecule has 9 nitrogen and oxygen atoms in total. The van der Waals surface area contributed by atoms with Gasteiger partial charge in [0.2, 0.25) is 0 Å². The van der Waals surface area contributed by atoms with E-state index < -0.39 is 55.2 Å². The van der Waals surface area contributed by atoms with Crippen LogP contribution in [0.2, 0.25) is 0 Å². The van der Waals surface area contributed by atoms with E-state index in [9.17, 15) is 30.3 Å². The number of esters is 1. The molecule has 2 rings (SSSR count). The monoisotopic (exact) mass is 293 g/mol. The number of carbonyl (C=O) groups is 1. The minimum atomic E-state index is -1.70. The van der Waals surface area contributed by atoms with Gasteiger partial charge in [0.15, 0.2) is 12.2 Å². The van der Waals surface area contributed by atoms with Crippen molar-refractivity contribution in [3.8, 4) is 0 Å². The summed E-state index contributed by atoms with van der Waals surface area (Å²) < 4.78 is 4.68. The van der Waals surface area contributed by atoms with E-state index in [1.165, 1.54) is 4.90 Å². The summed E-state index contributed by atoms with van der Waals surface area (Å²) in [5.74, 6) is -1.01. The fourth-order valence-corrected chi connectivity index (χ4v) is 2.63. The van der Waals surface area contributed by atoms with Gasteiger partial charge in [-0.25, -0.2) is 4.79 Å². The minimum Gasteiger partial charge on any atom is -0.455 e. The summed E-state index contributed by atoms with van der Waals surface area (Å²) in [5.41, 5.74) is 0. The van der Waals surface area contributed by atoms with Crippen molar-refractivity contribution < 1.29 is 40.2 Å². The molecule has 0 spiro atoms. The first kappa shape index (κ1) is 15.6. The maximum Gasteiger partial charge on any atom is 0.338 e. The summed E-state index contributed by atoms with van der Waals surface area (Å²) in [6, 6.07) is -0.751. The molecule has 0 unspecified atom stereocenters. The molecule has 2 fully saturated rings. The van der Waals surface area contributed by atoms with Crippen molar-refractivity contribution in [2.24, 2.45) is 0 Å². The zero-order chi connectivity index (χ0) is 15.0. The molecule has 2 heterocycles. The van der Waals surface area contributed by atoms with Gasteiger partial charge in [-0.2, -0.15) is 0 Å². The fraction of sp³-hybridized carbons (Fsp3) is 0.909. The van der Waals surface area contributed by atoms with Gasteiger partial charge < -0.3 is 35.4 Å². The Kier molecular flexibility index (Phi) is 4.59. The first-order chi connectivity index (χ1) is 9.36. The van der Waals surface area contributed by atoms with Gasteiger partial charge in [0.1, 0.15) is 12.2 Å². The smallest absolute Gasteiger partial charge is 0.338 e. The number of rotatable bonds is 4. The van der Waals surface area contributed by atoms with Gasteiger partial charge in [0, 0.05) is 13.1 Å². The lowest BCUT2D eigenvalue weighted by molar-refractivity contribution is -0.151.